The molecule has 2 aliphatic rings. The minimum absolute atomic E-state index is 0.113. The number of aromatic amines is 1. The first-order chi connectivity index (χ1) is 13.1. The summed E-state index contributed by atoms with van der Waals surface area (Å²) in [5, 5.41) is 8.96. The van der Waals surface area contributed by atoms with E-state index in [-0.39, 0.29) is 5.84 Å². The predicted octanol–water partition coefficient (Wildman–Crippen LogP) is 4.29. The van der Waals surface area contributed by atoms with Gasteiger partial charge in [0.1, 0.15) is 5.84 Å². The summed E-state index contributed by atoms with van der Waals surface area (Å²) in [6.07, 6.45) is -3.55. The smallest absolute Gasteiger partial charge is 0.366 e. The minimum Gasteiger partial charge on any atom is -0.366 e. The highest BCUT2D eigenvalue weighted by molar-refractivity contribution is 6.10. The molecule has 1 aromatic carbocycles. The van der Waals surface area contributed by atoms with Crippen LogP contribution in [-0.4, -0.2) is 35.1 Å². The van der Waals surface area contributed by atoms with Gasteiger partial charge in [-0.3, -0.25) is 4.99 Å². The van der Waals surface area contributed by atoms with Crippen LogP contribution in [0, 0.1) is 0 Å². The molecule has 0 radical (unpaired) electrons. The molecule has 0 fully saturated rings. The molecule has 3 heterocycles. The first-order valence-electron chi connectivity index (χ1n) is 9.37. The van der Waals surface area contributed by atoms with Crippen LogP contribution in [0.4, 0.5) is 24.5 Å². The van der Waals surface area contributed by atoms with Gasteiger partial charge in [0, 0.05) is 36.5 Å². The van der Waals surface area contributed by atoms with Gasteiger partial charge in [0.15, 0.2) is 6.04 Å². The maximum atomic E-state index is 13.6. The van der Waals surface area contributed by atoms with E-state index in [9.17, 15) is 13.2 Å². The third kappa shape index (κ3) is 3.61. The van der Waals surface area contributed by atoms with Crippen LogP contribution in [0.25, 0.3) is 11.3 Å². The van der Waals surface area contributed by atoms with E-state index >= 15 is 0 Å². The molecule has 1 unspecified atom stereocenters. The summed E-state index contributed by atoms with van der Waals surface area (Å²) in [7, 11) is 0. The van der Waals surface area contributed by atoms with Gasteiger partial charge in [-0.2, -0.15) is 13.2 Å². The number of fused-ring (bicyclic) bond motifs is 2. The van der Waals surface area contributed by atoms with Crippen LogP contribution in [-0.2, 0) is 13.0 Å². The van der Waals surface area contributed by atoms with E-state index in [1.165, 1.54) is 11.3 Å². The monoisotopic (exact) mass is 391 g/mol. The molecule has 2 aliphatic heterocycles. The topological polar surface area (TPSA) is 64.2 Å². The Morgan fingerprint density at radius 3 is 2.61 bits per heavy atom. The zero-order valence-corrected chi connectivity index (χ0v) is 16.1. The standard InChI is InChI=1S/C20H24F3N5/c1-19(2,3)28-18-17(20(21,22)23)26-14-6-4-5-12(16(14)27-18)15-9-11-10-24-8-7-13(11)25-15/h4-6,9,17,24-26H,7-8,10H2,1-3H3,(H,27,28). The van der Waals surface area contributed by atoms with Crippen LogP contribution in [0.3, 0.4) is 0 Å². The third-order valence-electron chi connectivity index (χ3n) is 4.82. The van der Waals surface area contributed by atoms with Crippen molar-refractivity contribution in [3.8, 4) is 11.3 Å². The lowest BCUT2D eigenvalue weighted by Crippen LogP contribution is -2.50. The molecule has 0 aliphatic carbocycles. The summed E-state index contributed by atoms with van der Waals surface area (Å²) in [4.78, 5) is 7.75. The number of nitrogens with one attached hydrogen (secondary N) is 4. The van der Waals surface area contributed by atoms with Crippen molar-refractivity contribution in [3.05, 3.63) is 35.5 Å². The van der Waals surface area contributed by atoms with Gasteiger partial charge in [-0.1, -0.05) is 12.1 Å². The highest BCUT2D eigenvalue weighted by Crippen LogP contribution is 2.40. The van der Waals surface area contributed by atoms with Crippen molar-refractivity contribution in [3.63, 3.8) is 0 Å². The number of para-hydroxylation sites is 1. The Morgan fingerprint density at radius 2 is 1.93 bits per heavy atom. The van der Waals surface area contributed by atoms with E-state index in [2.05, 4.69) is 32.0 Å². The Kier molecular flexibility index (Phi) is 4.41. The lowest BCUT2D eigenvalue weighted by molar-refractivity contribution is -0.128. The van der Waals surface area contributed by atoms with Crippen molar-refractivity contribution >= 4 is 17.2 Å². The summed E-state index contributed by atoms with van der Waals surface area (Å²) < 4.78 is 40.9. The van der Waals surface area contributed by atoms with Crippen molar-refractivity contribution < 1.29 is 13.2 Å². The molecule has 0 spiro atoms. The fourth-order valence-electron chi connectivity index (χ4n) is 3.65. The normalized spacial score (nSPS) is 20.9. The fraction of sp³-hybridized carbons (Fsp3) is 0.450. The number of hydrogen-bond acceptors (Lipinski definition) is 3. The van der Waals surface area contributed by atoms with Gasteiger partial charge in [-0.05, 0) is 38.5 Å². The SMILES string of the molecule is CC(C)(C)N=C1Nc2c(cccc2-c2cc3c([nH]2)CCNC3)NC1C(F)(F)F. The van der Waals surface area contributed by atoms with Crippen molar-refractivity contribution in [2.75, 3.05) is 17.2 Å². The Morgan fingerprint density at radius 1 is 1.14 bits per heavy atom. The van der Waals surface area contributed by atoms with Gasteiger partial charge < -0.3 is 20.9 Å². The summed E-state index contributed by atoms with van der Waals surface area (Å²) in [5.41, 5.74) is 4.46. The second-order valence-electron chi connectivity index (χ2n) is 8.25. The highest BCUT2D eigenvalue weighted by Gasteiger charge is 2.46. The van der Waals surface area contributed by atoms with Gasteiger partial charge >= 0.3 is 6.18 Å². The first kappa shape index (κ1) is 18.9. The zero-order chi connectivity index (χ0) is 20.1. The Balaban J connectivity index is 1.79. The van der Waals surface area contributed by atoms with Crippen LogP contribution < -0.4 is 16.0 Å². The highest BCUT2D eigenvalue weighted by atomic mass is 19.4. The van der Waals surface area contributed by atoms with Gasteiger partial charge in [-0.15, -0.1) is 0 Å². The number of hydrogen-bond donors (Lipinski definition) is 4. The van der Waals surface area contributed by atoms with Crippen LogP contribution in [0.15, 0.2) is 29.3 Å². The maximum absolute atomic E-state index is 13.6. The van der Waals surface area contributed by atoms with E-state index in [1.807, 2.05) is 6.07 Å². The summed E-state index contributed by atoms with van der Waals surface area (Å²) in [6, 6.07) is 5.52. The Labute approximate surface area is 161 Å². The van der Waals surface area contributed by atoms with Crippen LogP contribution >= 0.6 is 0 Å². The number of benzene rings is 1. The number of nitrogens with zero attached hydrogens (tertiary/aromatic N) is 1. The number of aromatic nitrogens is 1. The molecular weight excluding hydrogens is 367 g/mol. The van der Waals surface area contributed by atoms with Gasteiger partial charge in [0.2, 0.25) is 0 Å². The largest absolute Gasteiger partial charge is 0.415 e. The molecule has 4 rings (SSSR count). The Hall–Kier alpha value is -2.48. The van der Waals surface area contributed by atoms with E-state index in [0.717, 1.165) is 30.8 Å². The molecular formula is C20H24F3N5. The van der Waals surface area contributed by atoms with Gasteiger partial charge in [0.25, 0.3) is 0 Å². The molecule has 1 atom stereocenters. The second-order valence-corrected chi connectivity index (χ2v) is 8.25. The first-order valence-corrected chi connectivity index (χ1v) is 9.37. The van der Waals surface area contributed by atoms with Crippen molar-refractivity contribution in [1.29, 1.82) is 0 Å². The third-order valence-corrected chi connectivity index (χ3v) is 4.82. The van der Waals surface area contributed by atoms with Crippen molar-refractivity contribution in [2.45, 2.75) is 51.5 Å². The van der Waals surface area contributed by atoms with Crippen LogP contribution in [0.2, 0.25) is 0 Å². The fourth-order valence-corrected chi connectivity index (χ4v) is 3.65. The Bertz CT molecular complexity index is 897. The summed E-state index contributed by atoms with van der Waals surface area (Å²) >= 11 is 0. The lowest BCUT2D eigenvalue weighted by atomic mass is 10.0. The molecule has 2 aromatic rings. The minimum atomic E-state index is -4.46. The molecule has 0 bridgehead atoms. The van der Waals surface area contributed by atoms with E-state index in [4.69, 9.17) is 0 Å². The number of halogens is 3. The summed E-state index contributed by atoms with van der Waals surface area (Å²) in [5.74, 6) is -0.113. The number of alkyl halides is 3. The molecule has 0 saturated carbocycles. The zero-order valence-electron chi connectivity index (χ0n) is 16.1. The van der Waals surface area contributed by atoms with E-state index in [0.29, 0.717) is 11.4 Å². The summed E-state index contributed by atoms with van der Waals surface area (Å²) in [6.45, 7) is 7.04. The number of aliphatic imine (C=N–C) groups is 1. The molecule has 0 amide bonds. The molecule has 8 heteroatoms. The van der Waals surface area contributed by atoms with Crippen LogP contribution in [0.5, 0.6) is 0 Å². The molecule has 150 valence electrons. The quantitative estimate of drug-likeness (QED) is 0.586. The molecule has 28 heavy (non-hydrogen) atoms. The van der Waals surface area contributed by atoms with E-state index < -0.39 is 17.8 Å². The number of H-pyrrole nitrogens is 1. The molecule has 4 N–H and O–H groups in total. The lowest BCUT2D eigenvalue weighted by Gasteiger charge is -2.33. The van der Waals surface area contributed by atoms with Gasteiger partial charge in [-0.25, -0.2) is 0 Å². The van der Waals surface area contributed by atoms with Crippen molar-refractivity contribution in [1.82, 2.24) is 10.3 Å². The molecule has 5 nitrogen and oxygen atoms in total. The average molecular weight is 391 g/mol. The number of anilines is 2. The van der Waals surface area contributed by atoms with Crippen molar-refractivity contribution in [2.24, 2.45) is 4.99 Å². The van der Waals surface area contributed by atoms with E-state index in [1.54, 1.807) is 32.9 Å². The molecule has 0 saturated heterocycles. The predicted molar refractivity (Wildman–Crippen MR) is 106 cm³/mol. The maximum Gasteiger partial charge on any atom is 0.415 e. The number of rotatable bonds is 1. The number of amidine groups is 1. The second kappa shape index (κ2) is 6.55. The average Bonchev–Trinajstić information content (AvgIpc) is 3.02. The van der Waals surface area contributed by atoms with Crippen LogP contribution in [0.1, 0.15) is 32.0 Å². The molecule has 1 aromatic heterocycles. The van der Waals surface area contributed by atoms with Gasteiger partial charge in [0.05, 0.1) is 16.9 Å².